The van der Waals surface area contributed by atoms with Crippen molar-refractivity contribution < 1.29 is 4.74 Å². The second-order valence-corrected chi connectivity index (χ2v) is 6.20. The number of rotatable bonds is 3. The van der Waals surface area contributed by atoms with Crippen LogP contribution in [-0.2, 0) is 11.3 Å². The van der Waals surface area contributed by atoms with Gasteiger partial charge in [-0.05, 0) is 51.4 Å². The van der Waals surface area contributed by atoms with E-state index in [1.807, 2.05) is 12.3 Å². The molecule has 2 fully saturated rings. The Kier molecular flexibility index (Phi) is 3.39. The Morgan fingerprint density at radius 2 is 2.29 bits per heavy atom. The zero-order valence-electron chi connectivity index (χ0n) is 12.5. The molecule has 0 aromatic carbocycles. The van der Waals surface area contributed by atoms with E-state index in [-0.39, 0.29) is 0 Å². The van der Waals surface area contributed by atoms with Gasteiger partial charge >= 0.3 is 0 Å². The van der Waals surface area contributed by atoms with Crippen molar-refractivity contribution in [1.29, 1.82) is 0 Å². The van der Waals surface area contributed by atoms with Crippen LogP contribution in [0.2, 0.25) is 0 Å². The van der Waals surface area contributed by atoms with Gasteiger partial charge in [-0.3, -0.25) is 4.90 Å². The molecule has 0 N–H and O–H groups in total. The molecule has 5 nitrogen and oxygen atoms in total. The van der Waals surface area contributed by atoms with E-state index < -0.39 is 0 Å². The Bertz CT molecular complexity index is 632. The average Bonchev–Trinajstić information content (AvgIpc) is 3.20. The number of hydrogen-bond donors (Lipinski definition) is 0. The number of aromatic nitrogens is 3. The predicted octanol–water partition coefficient (Wildman–Crippen LogP) is 2.38. The van der Waals surface area contributed by atoms with E-state index in [2.05, 4.69) is 27.6 Å². The maximum atomic E-state index is 5.83. The van der Waals surface area contributed by atoms with Crippen LogP contribution in [0, 0.1) is 0 Å². The fraction of sp³-hybridized carbons (Fsp3) is 0.625. The molecule has 0 amide bonds. The standard InChI is InChI=1S/C16H22N4O/c1-19-9-3-7-14(19)16-18-13-6-2-8-17-15(13)20(16)11-12-5-4-10-21-12/h2,6,8,12,14H,3-5,7,9-11H2,1H3. The summed E-state index contributed by atoms with van der Waals surface area (Å²) < 4.78 is 8.13. The minimum absolute atomic E-state index is 0.315. The van der Waals surface area contributed by atoms with Crippen molar-refractivity contribution in [1.82, 2.24) is 19.4 Å². The van der Waals surface area contributed by atoms with E-state index in [0.717, 1.165) is 37.3 Å². The zero-order valence-corrected chi connectivity index (χ0v) is 12.5. The van der Waals surface area contributed by atoms with Crippen molar-refractivity contribution in [3.05, 3.63) is 24.2 Å². The third-order valence-electron chi connectivity index (χ3n) is 4.76. The highest BCUT2D eigenvalue weighted by Crippen LogP contribution is 2.32. The summed E-state index contributed by atoms with van der Waals surface area (Å²) in [5, 5.41) is 0. The lowest BCUT2D eigenvalue weighted by Gasteiger charge is -2.21. The average molecular weight is 286 g/mol. The molecule has 0 radical (unpaired) electrons. The quantitative estimate of drug-likeness (QED) is 0.869. The molecule has 2 atom stereocenters. The first-order valence-electron chi connectivity index (χ1n) is 7.96. The summed E-state index contributed by atoms with van der Waals surface area (Å²) in [6.45, 7) is 2.93. The van der Waals surface area contributed by atoms with E-state index in [4.69, 9.17) is 9.72 Å². The molecule has 112 valence electrons. The Hall–Kier alpha value is -1.46. The lowest BCUT2D eigenvalue weighted by molar-refractivity contribution is 0.0960. The van der Waals surface area contributed by atoms with Crippen molar-refractivity contribution in [2.24, 2.45) is 0 Å². The van der Waals surface area contributed by atoms with E-state index in [1.165, 1.54) is 25.1 Å². The molecule has 0 bridgehead atoms. The summed E-state index contributed by atoms with van der Waals surface area (Å²) in [4.78, 5) is 11.9. The highest BCUT2D eigenvalue weighted by atomic mass is 16.5. The second kappa shape index (κ2) is 5.39. The second-order valence-electron chi connectivity index (χ2n) is 6.20. The minimum atomic E-state index is 0.315. The van der Waals surface area contributed by atoms with Crippen molar-refractivity contribution in [2.75, 3.05) is 20.2 Å². The number of nitrogens with zero attached hydrogens (tertiary/aromatic N) is 4. The molecule has 2 saturated heterocycles. The van der Waals surface area contributed by atoms with Gasteiger partial charge in [-0.25, -0.2) is 9.97 Å². The van der Waals surface area contributed by atoms with Crippen LogP contribution in [0.25, 0.3) is 11.2 Å². The Morgan fingerprint density at radius 1 is 1.33 bits per heavy atom. The smallest absolute Gasteiger partial charge is 0.160 e. The van der Waals surface area contributed by atoms with Crippen molar-refractivity contribution >= 4 is 11.2 Å². The number of imidazole rings is 1. The molecule has 0 aliphatic carbocycles. The maximum absolute atomic E-state index is 5.83. The fourth-order valence-corrected chi connectivity index (χ4v) is 3.64. The number of pyridine rings is 1. The number of hydrogen-bond acceptors (Lipinski definition) is 4. The van der Waals surface area contributed by atoms with Crippen molar-refractivity contribution in [2.45, 2.75) is 44.4 Å². The number of fused-ring (bicyclic) bond motifs is 1. The summed E-state index contributed by atoms with van der Waals surface area (Å²) in [7, 11) is 2.20. The summed E-state index contributed by atoms with van der Waals surface area (Å²) in [6.07, 6.45) is 6.92. The summed E-state index contributed by atoms with van der Waals surface area (Å²) in [6, 6.07) is 4.45. The van der Waals surface area contributed by atoms with Gasteiger partial charge in [0.1, 0.15) is 11.3 Å². The molecular formula is C16H22N4O. The zero-order chi connectivity index (χ0) is 14.2. The van der Waals surface area contributed by atoms with Crippen LogP contribution in [0.4, 0.5) is 0 Å². The monoisotopic (exact) mass is 286 g/mol. The third kappa shape index (κ3) is 2.34. The van der Waals surface area contributed by atoms with Crippen LogP contribution >= 0.6 is 0 Å². The fourth-order valence-electron chi connectivity index (χ4n) is 3.64. The lowest BCUT2D eigenvalue weighted by atomic mass is 10.2. The highest BCUT2D eigenvalue weighted by Gasteiger charge is 2.29. The molecule has 4 rings (SSSR count). The topological polar surface area (TPSA) is 43.2 Å². The van der Waals surface area contributed by atoms with Gasteiger partial charge in [0, 0.05) is 12.8 Å². The van der Waals surface area contributed by atoms with Gasteiger partial charge in [0.25, 0.3) is 0 Å². The molecule has 2 aliphatic heterocycles. The Balaban J connectivity index is 1.76. The molecule has 2 unspecified atom stereocenters. The van der Waals surface area contributed by atoms with Gasteiger partial charge in [-0.1, -0.05) is 0 Å². The predicted molar refractivity (Wildman–Crippen MR) is 81.1 cm³/mol. The first kappa shape index (κ1) is 13.2. The third-order valence-corrected chi connectivity index (χ3v) is 4.76. The Labute approximate surface area is 124 Å². The molecule has 0 saturated carbocycles. The van der Waals surface area contributed by atoms with Gasteiger partial charge in [-0.15, -0.1) is 0 Å². The summed E-state index contributed by atoms with van der Waals surface area (Å²) in [5.74, 6) is 1.17. The minimum Gasteiger partial charge on any atom is -0.376 e. The van der Waals surface area contributed by atoms with Crippen LogP contribution < -0.4 is 0 Å². The van der Waals surface area contributed by atoms with Gasteiger partial charge in [0.05, 0.1) is 18.7 Å². The van der Waals surface area contributed by atoms with E-state index >= 15 is 0 Å². The lowest BCUT2D eigenvalue weighted by Crippen LogP contribution is -2.24. The first-order valence-corrected chi connectivity index (χ1v) is 7.96. The number of likely N-dealkylation sites (tertiary alicyclic amines) is 1. The first-order chi connectivity index (χ1) is 10.3. The molecule has 2 aliphatic rings. The molecule has 0 spiro atoms. The van der Waals surface area contributed by atoms with Gasteiger partial charge in [0.2, 0.25) is 0 Å². The largest absolute Gasteiger partial charge is 0.376 e. The van der Waals surface area contributed by atoms with Crippen molar-refractivity contribution in [3.8, 4) is 0 Å². The van der Waals surface area contributed by atoms with E-state index in [1.54, 1.807) is 0 Å². The molecular weight excluding hydrogens is 264 g/mol. The van der Waals surface area contributed by atoms with E-state index in [9.17, 15) is 0 Å². The van der Waals surface area contributed by atoms with Crippen LogP contribution in [-0.4, -0.2) is 45.7 Å². The molecule has 5 heteroatoms. The Morgan fingerprint density at radius 3 is 3.05 bits per heavy atom. The molecule has 2 aromatic heterocycles. The SMILES string of the molecule is CN1CCCC1c1nc2cccnc2n1CC1CCCO1. The van der Waals surface area contributed by atoms with Gasteiger partial charge < -0.3 is 9.30 Å². The highest BCUT2D eigenvalue weighted by molar-refractivity contribution is 5.71. The number of ether oxygens (including phenoxy) is 1. The molecule has 21 heavy (non-hydrogen) atoms. The van der Waals surface area contributed by atoms with E-state index in [0.29, 0.717) is 12.1 Å². The molecule has 2 aromatic rings. The van der Waals surface area contributed by atoms with Crippen LogP contribution in [0.3, 0.4) is 0 Å². The summed E-state index contributed by atoms with van der Waals surface area (Å²) >= 11 is 0. The van der Waals surface area contributed by atoms with Gasteiger partial charge in [0.15, 0.2) is 5.65 Å². The van der Waals surface area contributed by atoms with Crippen molar-refractivity contribution in [3.63, 3.8) is 0 Å². The summed E-state index contributed by atoms with van der Waals surface area (Å²) in [5.41, 5.74) is 2.01. The van der Waals surface area contributed by atoms with Crippen LogP contribution in [0.5, 0.6) is 0 Å². The maximum Gasteiger partial charge on any atom is 0.160 e. The van der Waals surface area contributed by atoms with Crippen LogP contribution in [0.15, 0.2) is 18.3 Å². The van der Waals surface area contributed by atoms with Crippen LogP contribution in [0.1, 0.15) is 37.5 Å². The van der Waals surface area contributed by atoms with Gasteiger partial charge in [-0.2, -0.15) is 0 Å². The molecule has 4 heterocycles. The normalized spacial score (nSPS) is 26.9.